The van der Waals surface area contributed by atoms with E-state index < -0.39 is 0 Å². The van der Waals surface area contributed by atoms with Gasteiger partial charge in [-0.05, 0) is 43.3 Å². The molecule has 28 heavy (non-hydrogen) atoms. The molecule has 0 saturated carbocycles. The van der Waals surface area contributed by atoms with Crippen molar-refractivity contribution >= 4 is 39.8 Å². The lowest BCUT2D eigenvalue weighted by molar-refractivity contribution is -0.116. The lowest BCUT2D eigenvalue weighted by atomic mass is 10.1. The molecule has 0 atom stereocenters. The van der Waals surface area contributed by atoms with Gasteiger partial charge in [-0.25, -0.2) is 0 Å². The van der Waals surface area contributed by atoms with Crippen LogP contribution < -0.4 is 10.2 Å². The number of piperazine rings is 1. The topological polar surface area (TPSA) is 51.4 Å². The smallest absolute Gasteiger partial charge is 0.224 e. The minimum Gasteiger partial charge on any atom is -0.367 e. The third-order valence-electron chi connectivity index (χ3n) is 5.37. The maximum absolute atomic E-state index is 12.7. The number of halogens is 1. The molecule has 4 rings (SSSR count). The molecule has 0 radical (unpaired) electrons. The van der Waals surface area contributed by atoms with Crippen LogP contribution in [0, 0.1) is 0 Å². The van der Waals surface area contributed by atoms with Crippen LogP contribution in [-0.2, 0) is 11.2 Å². The number of amides is 1. The zero-order valence-corrected chi connectivity index (χ0v) is 16.8. The van der Waals surface area contributed by atoms with Crippen LogP contribution in [0.5, 0.6) is 0 Å². The van der Waals surface area contributed by atoms with Gasteiger partial charge in [0, 0.05) is 54.7 Å². The number of H-pyrrole nitrogens is 1. The summed E-state index contributed by atoms with van der Waals surface area (Å²) in [6.07, 6.45) is 3.11. The average molecular weight is 397 g/mol. The Balaban J connectivity index is 1.44. The number of likely N-dealkylation sites (N-methyl/N-ethyl adjacent to an activating group) is 1. The van der Waals surface area contributed by atoms with Gasteiger partial charge in [-0.2, -0.15) is 0 Å². The Morgan fingerprint density at radius 2 is 1.93 bits per heavy atom. The van der Waals surface area contributed by atoms with Crippen molar-refractivity contribution < 1.29 is 4.79 Å². The second-order valence-electron chi connectivity index (χ2n) is 7.36. The number of hydrogen-bond acceptors (Lipinski definition) is 3. The summed E-state index contributed by atoms with van der Waals surface area (Å²) in [7, 11) is 2.13. The summed E-state index contributed by atoms with van der Waals surface area (Å²) in [6, 6.07) is 13.9. The number of carbonyl (C=O) groups excluding carboxylic acids is 1. The summed E-state index contributed by atoms with van der Waals surface area (Å²) in [4.78, 5) is 20.5. The number of anilines is 2. The standard InChI is InChI=1S/C22H25ClN4O/c1-26-10-12-27(13-11-26)21-8-7-17(23)14-20(21)25-22(28)9-6-16-15-24-19-5-3-2-4-18(16)19/h2-5,7-8,14-15,24H,6,9-13H2,1H3,(H,25,28). The fourth-order valence-electron chi connectivity index (χ4n) is 3.73. The van der Waals surface area contributed by atoms with Gasteiger partial charge in [0.2, 0.25) is 5.91 Å². The molecule has 1 aromatic heterocycles. The second-order valence-corrected chi connectivity index (χ2v) is 7.80. The predicted molar refractivity (Wildman–Crippen MR) is 116 cm³/mol. The summed E-state index contributed by atoms with van der Waals surface area (Å²) >= 11 is 6.20. The van der Waals surface area contributed by atoms with E-state index in [0.717, 1.165) is 48.6 Å². The van der Waals surface area contributed by atoms with Crippen molar-refractivity contribution in [1.29, 1.82) is 0 Å². The van der Waals surface area contributed by atoms with E-state index >= 15 is 0 Å². The molecule has 1 aliphatic rings. The molecule has 2 N–H and O–H groups in total. The van der Waals surface area contributed by atoms with E-state index in [1.165, 1.54) is 5.39 Å². The van der Waals surface area contributed by atoms with E-state index in [0.29, 0.717) is 17.9 Å². The molecule has 0 unspecified atom stereocenters. The lowest BCUT2D eigenvalue weighted by Crippen LogP contribution is -2.44. The first kappa shape index (κ1) is 18.8. The number of aromatic nitrogens is 1. The first-order valence-corrected chi connectivity index (χ1v) is 10.1. The zero-order valence-electron chi connectivity index (χ0n) is 16.0. The van der Waals surface area contributed by atoms with Crippen molar-refractivity contribution in [1.82, 2.24) is 9.88 Å². The van der Waals surface area contributed by atoms with Crippen LogP contribution in [0.2, 0.25) is 5.02 Å². The zero-order chi connectivity index (χ0) is 19.5. The molecule has 3 aromatic rings. The quantitative estimate of drug-likeness (QED) is 0.681. The number of nitrogens with zero attached hydrogens (tertiary/aromatic N) is 2. The molecule has 6 heteroatoms. The summed E-state index contributed by atoms with van der Waals surface area (Å²) in [6.45, 7) is 3.90. The van der Waals surface area contributed by atoms with Gasteiger partial charge in [-0.15, -0.1) is 0 Å². The predicted octanol–water partition coefficient (Wildman–Crippen LogP) is 4.14. The molecule has 146 valence electrons. The van der Waals surface area contributed by atoms with Gasteiger partial charge in [0.1, 0.15) is 0 Å². The van der Waals surface area contributed by atoms with E-state index in [4.69, 9.17) is 11.6 Å². The number of para-hydroxylation sites is 1. The number of hydrogen-bond donors (Lipinski definition) is 2. The Hall–Kier alpha value is -2.50. The Morgan fingerprint density at radius 3 is 2.75 bits per heavy atom. The molecular weight excluding hydrogens is 372 g/mol. The molecule has 1 saturated heterocycles. The molecule has 2 heterocycles. The van der Waals surface area contributed by atoms with Crippen LogP contribution in [0.4, 0.5) is 11.4 Å². The van der Waals surface area contributed by atoms with E-state index in [9.17, 15) is 4.79 Å². The Morgan fingerprint density at radius 1 is 1.14 bits per heavy atom. The minimum atomic E-state index is 0.00271. The number of nitrogens with one attached hydrogen (secondary N) is 2. The highest BCUT2D eigenvalue weighted by atomic mass is 35.5. The summed E-state index contributed by atoms with van der Waals surface area (Å²) in [5.74, 6) is 0.00271. The summed E-state index contributed by atoms with van der Waals surface area (Å²) in [5.41, 5.74) is 4.10. The number of aromatic amines is 1. The van der Waals surface area contributed by atoms with Crippen molar-refractivity contribution in [3.63, 3.8) is 0 Å². The van der Waals surface area contributed by atoms with Crippen LogP contribution in [0.25, 0.3) is 10.9 Å². The monoisotopic (exact) mass is 396 g/mol. The van der Waals surface area contributed by atoms with Gasteiger partial charge in [0.25, 0.3) is 0 Å². The minimum absolute atomic E-state index is 0.00271. The fourth-order valence-corrected chi connectivity index (χ4v) is 3.90. The van der Waals surface area contributed by atoms with Gasteiger partial charge in [-0.1, -0.05) is 29.8 Å². The first-order chi connectivity index (χ1) is 13.6. The number of fused-ring (bicyclic) bond motifs is 1. The van der Waals surface area contributed by atoms with Crippen LogP contribution in [0.3, 0.4) is 0 Å². The summed E-state index contributed by atoms with van der Waals surface area (Å²) < 4.78 is 0. The highest BCUT2D eigenvalue weighted by molar-refractivity contribution is 6.31. The SMILES string of the molecule is CN1CCN(c2ccc(Cl)cc2NC(=O)CCc2c[nH]c3ccccc23)CC1. The van der Waals surface area contributed by atoms with E-state index in [1.807, 2.05) is 42.6 Å². The summed E-state index contributed by atoms with van der Waals surface area (Å²) in [5, 5.41) is 4.89. The molecule has 1 aliphatic heterocycles. The molecule has 0 aliphatic carbocycles. The van der Waals surface area contributed by atoms with Crippen LogP contribution in [0.15, 0.2) is 48.7 Å². The number of aryl methyl sites for hydroxylation is 1. The Kier molecular flexibility index (Phi) is 5.55. The molecular formula is C22H25ClN4O. The molecule has 1 fully saturated rings. The van der Waals surface area contributed by atoms with Crippen molar-refractivity contribution in [3.05, 3.63) is 59.2 Å². The molecule has 2 aromatic carbocycles. The number of benzene rings is 2. The molecule has 5 nitrogen and oxygen atoms in total. The Labute approximate surface area is 170 Å². The van der Waals surface area contributed by atoms with E-state index in [2.05, 4.69) is 33.2 Å². The van der Waals surface area contributed by atoms with Crippen molar-refractivity contribution in [2.75, 3.05) is 43.4 Å². The van der Waals surface area contributed by atoms with E-state index in [1.54, 1.807) is 0 Å². The van der Waals surface area contributed by atoms with Gasteiger partial charge >= 0.3 is 0 Å². The first-order valence-electron chi connectivity index (χ1n) is 9.68. The maximum atomic E-state index is 12.7. The fraction of sp³-hybridized carbons (Fsp3) is 0.318. The van der Waals surface area contributed by atoms with Crippen molar-refractivity contribution in [2.45, 2.75) is 12.8 Å². The highest BCUT2D eigenvalue weighted by Crippen LogP contribution is 2.30. The van der Waals surface area contributed by atoms with Gasteiger partial charge in [-0.3, -0.25) is 4.79 Å². The largest absolute Gasteiger partial charge is 0.367 e. The lowest BCUT2D eigenvalue weighted by Gasteiger charge is -2.35. The maximum Gasteiger partial charge on any atom is 0.224 e. The van der Waals surface area contributed by atoms with Crippen molar-refractivity contribution in [2.24, 2.45) is 0 Å². The molecule has 0 bridgehead atoms. The van der Waals surface area contributed by atoms with Crippen LogP contribution >= 0.6 is 11.6 Å². The number of rotatable bonds is 5. The average Bonchev–Trinajstić information content (AvgIpc) is 3.11. The Bertz CT molecular complexity index is 976. The molecule has 0 spiro atoms. The van der Waals surface area contributed by atoms with Gasteiger partial charge < -0.3 is 20.1 Å². The molecule has 1 amide bonds. The second kappa shape index (κ2) is 8.25. The highest BCUT2D eigenvalue weighted by Gasteiger charge is 2.18. The van der Waals surface area contributed by atoms with Crippen LogP contribution in [0.1, 0.15) is 12.0 Å². The third kappa shape index (κ3) is 4.16. The normalized spacial score (nSPS) is 15.1. The van der Waals surface area contributed by atoms with E-state index in [-0.39, 0.29) is 5.91 Å². The van der Waals surface area contributed by atoms with Gasteiger partial charge in [0.15, 0.2) is 0 Å². The van der Waals surface area contributed by atoms with Crippen molar-refractivity contribution in [3.8, 4) is 0 Å². The van der Waals surface area contributed by atoms with Gasteiger partial charge in [0.05, 0.1) is 11.4 Å². The van der Waals surface area contributed by atoms with Crippen LogP contribution in [-0.4, -0.2) is 49.0 Å². The number of carbonyl (C=O) groups is 1. The third-order valence-corrected chi connectivity index (χ3v) is 5.61.